The maximum Gasteiger partial charge on any atom is 0.266 e. The number of ether oxygens (including phenoxy) is 1. The van der Waals surface area contributed by atoms with Crippen molar-refractivity contribution in [3.63, 3.8) is 0 Å². The fourth-order valence-corrected chi connectivity index (χ4v) is 4.92. The van der Waals surface area contributed by atoms with Crippen LogP contribution in [-0.2, 0) is 24.8 Å². The van der Waals surface area contributed by atoms with Crippen LogP contribution in [0.25, 0.3) is 0 Å². The van der Waals surface area contributed by atoms with Gasteiger partial charge in [0.05, 0.1) is 23.0 Å². The first-order valence-electron chi connectivity index (χ1n) is 8.77. The van der Waals surface area contributed by atoms with Gasteiger partial charge >= 0.3 is 0 Å². The van der Waals surface area contributed by atoms with Crippen molar-refractivity contribution >= 4 is 26.0 Å². The number of amides is 1. The van der Waals surface area contributed by atoms with Gasteiger partial charge in [-0.25, -0.2) is 16.8 Å². The Balaban J connectivity index is 1.69. The standard InChI is InChI=1S/C18H21N3O6S2/c1-14-2-4-15(5-3-14)18(22)19-20-28(23,24)16-6-8-17(9-7-16)29(25,26)21-10-12-27-13-11-21/h2-9,20H,10-13H2,1H3,(H,19,22). The molecule has 11 heteroatoms. The molecule has 1 amide bonds. The van der Waals surface area contributed by atoms with Crippen LogP contribution in [0.4, 0.5) is 0 Å². The zero-order valence-corrected chi connectivity index (χ0v) is 17.3. The molecule has 9 nitrogen and oxygen atoms in total. The summed E-state index contributed by atoms with van der Waals surface area (Å²) < 4.78 is 56.4. The molecule has 2 aromatic carbocycles. The van der Waals surface area contributed by atoms with E-state index in [1.54, 1.807) is 24.3 Å². The number of nitrogens with zero attached hydrogens (tertiary/aromatic N) is 1. The normalized spacial score (nSPS) is 15.8. The second kappa shape index (κ2) is 8.59. The molecule has 156 valence electrons. The van der Waals surface area contributed by atoms with Crippen LogP contribution in [0.3, 0.4) is 0 Å². The molecule has 29 heavy (non-hydrogen) atoms. The van der Waals surface area contributed by atoms with Gasteiger partial charge in [-0.3, -0.25) is 10.2 Å². The highest BCUT2D eigenvalue weighted by Gasteiger charge is 2.27. The molecule has 1 fully saturated rings. The molecule has 1 saturated heterocycles. The molecule has 0 aliphatic carbocycles. The summed E-state index contributed by atoms with van der Waals surface area (Å²) in [5.74, 6) is -0.611. The molecule has 0 spiro atoms. The molecule has 1 aliphatic rings. The number of hydrazine groups is 1. The van der Waals surface area contributed by atoms with Crippen LogP contribution >= 0.6 is 0 Å². The van der Waals surface area contributed by atoms with Crippen molar-refractivity contribution in [2.75, 3.05) is 26.3 Å². The second-order valence-corrected chi connectivity index (χ2v) is 10.0. The molecule has 1 heterocycles. The number of rotatable bonds is 6. The number of carbonyl (C=O) groups excluding carboxylic acids is 1. The molecule has 0 aromatic heterocycles. The fourth-order valence-electron chi connectivity index (χ4n) is 2.68. The van der Waals surface area contributed by atoms with E-state index in [0.717, 1.165) is 5.56 Å². The molecule has 0 radical (unpaired) electrons. The smallest absolute Gasteiger partial charge is 0.266 e. The predicted molar refractivity (Wildman–Crippen MR) is 105 cm³/mol. The Morgan fingerprint density at radius 2 is 1.45 bits per heavy atom. The van der Waals surface area contributed by atoms with Gasteiger partial charge in [0, 0.05) is 18.7 Å². The average Bonchev–Trinajstić information content (AvgIpc) is 2.73. The first kappa shape index (κ1) is 21.4. The summed E-state index contributed by atoms with van der Waals surface area (Å²) in [6, 6.07) is 11.4. The van der Waals surface area contributed by atoms with E-state index in [2.05, 4.69) is 5.43 Å². The maximum atomic E-state index is 12.6. The van der Waals surface area contributed by atoms with Crippen LogP contribution in [0.5, 0.6) is 0 Å². The minimum absolute atomic E-state index is 0.0120. The van der Waals surface area contributed by atoms with E-state index in [1.165, 1.54) is 28.6 Å². The van der Waals surface area contributed by atoms with E-state index >= 15 is 0 Å². The number of hydrogen-bond acceptors (Lipinski definition) is 6. The summed E-state index contributed by atoms with van der Waals surface area (Å²) in [5.41, 5.74) is 3.40. The van der Waals surface area contributed by atoms with Gasteiger partial charge in [0.2, 0.25) is 10.0 Å². The molecule has 3 rings (SSSR count). The van der Waals surface area contributed by atoms with Crippen molar-refractivity contribution in [1.82, 2.24) is 14.6 Å². The lowest BCUT2D eigenvalue weighted by molar-refractivity contribution is 0.0730. The van der Waals surface area contributed by atoms with Crippen LogP contribution < -0.4 is 10.3 Å². The zero-order chi connectivity index (χ0) is 21.1. The van der Waals surface area contributed by atoms with Gasteiger partial charge < -0.3 is 4.74 Å². The first-order chi connectivity index (χ1) is 13.7. The SMILES string of the molecule is Cc1ccc(C(=O)NNS(=O)(=O)c2ccc(S(=O)(=O)N3CCOCC3)cc2)cc1. The summed E-state index contributed by atoms with van der Waals surface area (Å²) >= 11 is 0. The van der Waals surface area contributed by atoms with E-state index in [4.69, 9.17) is 4.74 Å². The molecule has 0 saturated carbocycles. The minimum atomic E-state index is -4.07. The number of morpholine rings is 1. The summed E-state index contributed by atoms with van der Waals surface area (Å²) in [6.45, 7) is 2.99. The summed E-state index contributed by atoms with van der Waals surface area (Å²) in [6.07, 6.45) is 0. The number of hydrogen-bond donors (Lipinski definition) is 2. The molecule has 1 aliphatic heterocycles. The van der Waals surface area contributed by atoms with Gasteiger partial charge in [-0.05, 0) is 43.3 Å². The summed E-state index contributed by atoms with van der Waals surface area (Å²) in [4.78, 5) is 13.9. The molecular formula is C18H21N3O6S2. The number of carbonyl (C=O) groups is 1. The molecule has 2 N–H and O–H groups in total. The number of nitrogens with one attached hydrogen (secondary N) is 2. The van der Waals surface area contributed by atoms with Crippen molar-refractivity contribution in [2.24, 2.45) is 0 Å². The molecule has 0 unspecified atom stereocenters. The number of benzene rings is 2. The monoisotopic (exact) mass is 439 g/mol. The van der Waals surface area contributed by atoms with E-state index < -0.39 is 26.0 Å². The largest absolute Gasteiger partial charge is 0.379 e. The van der Waals surface area contributed by atoms with Crippen molar-refractivity contribution in [3.05, 3.63) is 59.7 Å². The van der Waals surface area contributed by atoms with Crippen LogP contribution in [0, 0.1) is 6.92 Å². The van der Waals surface area contributed by atoms with Crippen molar-refractivity contribution in [1.29, 1.82) is 0 Å². The van der Waals surface area contributed by atoms with Crippen molar-refractivity contribution < 1.29 is 26.4 Å². The number of aryl methyl sites for hydroxylation is 1. The van der Waals surface area contributed by atoms with E-state index in [1.807, 2.05) is 11.8 Å². The van der Waals surface area contributed by atoms with Crippen LogP contribution in [0.1, 0.15) is 15.9 Å². The third kappa shape index (κ3) is 5.00. The van der Waals surface area contributed by atoms with Gasteiger partial charge in [0.1, 0.15) is 0 Å². The zero-order valence-electron chi connectivity index (χ0n) is 15.7. The lowest BCUT2D eigenvalue weighted by Gasteiger charge is -2.26. The van der Waals surface area contributed by atoms with Crippen molar-refractivity contribution in [2.45, 2.75) is 16.7 Å². The van der Waals surface area contributed by atoms with Gasteiger partial charge in [-0.2, -0.15) is 4.31 Å². The Morgan fingerprint density at radius 1 is 0.897 bits per heavy atom. The molecule has 0 atom stereocenters. The van der Waals surface area contributed by atoms with Gasteiger partial charge in [0.15, 0.2) is 0 Å². The highest BCUT2D eigenvalue weighted by atomic mass is 32.2. The quantitative estimate of drug-likeness (QED) is 0.637. The Hall–Kier alpha value is -2.31. The lowest BCUT2D eigenvalue weighted by atomic mass is 10.1. The molecular weight excluding hydrogens is 418 g/mol. The van der Waals surface area contributed by atoms with Crippen LogP contribution in [0.2, 0.25) is 0 Å². The van der Waals surface area contributed by atoms with E-state index in [9.17, 15) is 21.6 Å². The van der Waals surface area contributed by atoms with Crippen molar-refractivity contribution in [3.8, 4) is 0 Å². The highest BCUT2D eigenvalue weighted by molar-refractivity contribution is 7.89. The van der Waals surface area contributed by atoms with Gasteiger partial charge in [-0.1, -0.05) is 17.7 Å². The Bertz CT molecular complexity index is 1080. The van der Waals surface area contributed by atoms with Crippen LogP contribution in [0.15, 0.2) is 58.3 Å². The Morgan fingerprint density at radius 3 is 2.03 bits per heavy atom. The predicted octanol–water partition coefficient (Wildman–Crippen LogP) is 0.639. The number of sulfonamides is 2. The van der Waals surface area contributed by atoms with Crippen LogP contribution in [-0.4, -0.2) is 53.4 Å². The summed E-state index contributed by atoms with van der Waals surface area (Å²) in [7, 11) is -7.79. The average molecular weight is 440 g/mol. The Kier molecular flexibility index (Phi) is 6.34. The molecule has 0 bridgehead atoms. The second-order valence-electron chi connectivity index (χ2n) is 6.41. The molecule has 2 aromatic rings. The van der Waals surface area contributed by atoms with E-state index in [-0.39, 0.29) is 22.9 Å². The lowest BCUT2D eigenvalue weighted by Crippen LogP contribution is -2.41. The maximum absolute atomic E-state index is 12.6. The Labute approximate surface area is 169 Å². The fraction of sp³-hybridized carbons (Fsp3) is 0.278. The van der Waals surface area contributed by atoms with Gasteiger partial charge in [0.25, 0.3) is 15.9 Å². The minimum Gasteiger partial charge on any atom is -0.379 e. The van der Waals surface area contributed by atoms with Gasteiger partial charge in [-0.15, -0.1) is 4.83 Å². The topological polar surface area (TPSA) is 122 Å². The summed E-state index contributed by atoms with van der Waals surface area (Å²) in [5, 5.41) is 0. The van der Waals surface area contributed by atoms with E-state index in [0.29, 0.717) is 18.8 Å². The third-order valence-corrected chi connectivity index (χ3v) is 7.53. The highest BCUT2D eigenvalue weighted by Crippen LogP contribution is 2.19. The first-order valence-corrected chi connectivity index (χ1v) is 11.7. The third-order valence-electron chi connectivity index (χ3n) is 4.35.